The van der Waals surface area contributed by atoms with Crippen LogP contribution in [0.25, 0.3) is 0 Å². The number of carbonyl (C=O) groups excluding carboxylic acids is 6. The number of hydrogen-bond acceptors (Lipinski definition) is 30. The normalized spacial score (nSPS) is 21.8. The first-order chi connectivity index (χ1) is 44.0. The van der Waals surface area contributed by atoms with Crippen molar-refractivity contribution in [1.29, 1.82) is 0 Å². The van der Waals surface area contributed by atoms with Crippen molar-refractivity contribution in [2.75, 3.05) is 112 Å². The van der Waals surface area contributed by atoms with Crippen LogP contribution in [0, 0.1) is 0 Å². The highest BCUT2D eigenvalue weighted by molar-refractivity contribution is 5.97. The Hall–Kier alpha value is -7.32. The molecule has 0 bridgehead atoms. The first-order valence-corrected chi connectivity index (χ1v) is 28.6. The molecular weight excluding hydrogens is 1240 g/mol. The molecule has 2 aromatic rings. The zero-order valence-electron chi connectivity index (χ0n) is 49.8. The first kappa shape index (κ1) is 77.1. The summed E-state index contributed by atoms with van der Waals surface area (Å²) in [7, 11) is 0. The Morgan fingerprint density at radius 2 is 1.00 bits per heavy atom. The number of rotatable bonds is 45. The van der Waals surface area contributed by atoms with E-state index in [9.17, 15) is 84.3 Å². The van der Waals surface area contributed by atoms with Gasteiger partial charge in [0.15, 0.2) is 12.2 Å². The van der Waals surface area contributed by atoms with Crippen molar-refractivity contribution in [3.63, 3.8) is 0 Å². The molecule has 38 heteroatoms. The highest BCUT2D eigenvalue weighted by Gasteiger charge is 2.49. The molecule has 2 saturated heterocycles. The zero-order chi connectivity index (χ0) is 67.5. The summed E-state index contributed by atoms with van der Waals surface area (Å²) in [5.41, 5.74) is 10.5. The van der Waals surface area contributed by atoms with Crippen molar-refractivity contribution >= 4 is 47.8 Å². The lowest BCUT2D eigenvalue weighted by atomic mass is 9.99. The Kier molecular flexibility index (Phi) is 35.2. The van der Waals surface area contributed by atoms with Crippen LogP contribution in [0.2, 0.25) is 0 Å². The van der Waals surface area contributed by atoms with Crippen LogP contribution in [0.1, 0.15) is 52.5 Å². The van der Waals surface area contributed by atoms with Crippen LogP contribution in [-0.4, -0.2) is 273 Å². The van der Waals surface area contributed by atoms with Crippen LogP contribution in [0.3, 0.4) is 0 Å². The van der Waals surface area contributed by atoms with Crippen molar-refractivity contribution in [1.82, 2.24) is 26.6 Å². The van der Waals surface area contributed by atoms with Gasteiger partial charge in [0.05, 0.1) is 78.2 Å². The molecule has 1 unspecified atom stereocenters. The summed E-state index contributed by atoms with van der Waals surface area (Å²) in [6.45, 7) is -0.357. The average Bonchev–Trinajstić information content (AvgIpc) is 0.838. The summed E-state index contributed by atoms with van der Waals surface area (Å²) in [6, 6.07) is 6.89. The van der Waals surface area contributed by atoms with Crippen LogP contribution < -0.4 is 53.4 Å². The summed E-state index contributed by atoms with van der Waals surface area (Å²) >= 11 is 0. The number of unbranched alkanes of at least 4 members (excludes halogenated alkanes) is 1. The van der Waals surface area contributed by atoms with Gasteiger partial charge in [-0.2, -0.15) is 0 Å². The third-order valence-corrected chi connectivity index (χ3v) is 13.0. The fourth-order valence-electron chi connectivity index (χ4n) is 8.35. The van der Waals surface area contributed by atoms with Gasteiger partial charge < -0.3 is 140 Å². The van der Waals surface area contributed by atoms with Gasteiger partial charge in [-0.05, 0) is 54.7 Å². The smallest absolute Gasteiger partial charge is 0.404 e. The number of nitrogens with one attached hydrogen (secondary N) is 5. The molecule has 2 heterocycles. The van der Waals surface area contributed by atoms with Gasteiger partial charge >= 0.3 is 24.1 Å². The number of nitrogens with two attached hydrogens (primary N) is 3. The molecule has 38 nitrogen and oxygen atoms in total. The van der Waals surface area contributed by atoms with E-state index in [4.69, 9.17) is 74.2 Å². The van der Waals surface area contributed by atoms with E-state index >= 15 is 0 Å². The highest BCUT2D eigenvalue weighted by atomic mass is 16.7. The molecule has 2 aromatic carbocycles. The SMILES string of the molecule is NOCCOCCOCCNC(=O)[C@H](CCCCNC(=O)COCCOCCNC(O)c1cc(COC(N)=O)ccc1O[C@@H]1O[C@H](C(=O)O)[C@@H](O)[C@H](O)[C@H]1O)NC(=O)COCCOCCNC(=O)c1cc(COC(N)=O)ccc1O[C@@H]1O[C@H](C(=O)O)[C@@H](O)[C@H](O)[C@H]1O. The average molecular weight is 1320 g/mol. The van der Waals surface area contributed by atoms with E-state index in [0.29, 0.717) is 18.4 Å². The van der Waals surface area contributed by atoms with Crippen molar-refractivity contribution in [2.45, 2.75) is 106 Å². The van der Waals surface area contributed by atoms with Gasteiger partial charge in [0.2, 0.25) is 30.3 Å². The molecule has 0 spiro atoms. The second-order valence-corrected chi connectivity index (χ2v) is 19.9. The van der Waals surface area contributed by atoms with Gasteiger partial charge in [0.25, 0.3) is 5.91 Å². The minimum atomic E-state index is -2.00. The summed E-state index contributed by atoms with van der Waals surface area (Å²) in [5.74, 6) is -1.13. The molecule has 2 aliphatic rings. The molecule has 92 heavy (non-hydrogen) atoms. The third kappa shape index (κ3) is 27.5. The summed E-state index contributed by atoms with van der Waals surface area (Å²) in [5, 5.41) is 105. The van der Waals surface area contributed by atoms with Crippen LogP contribution in [0.5, 0.6) is 11.5 Å². The number of carboxylic acids is 2. The van der Waals surface area contributed by atoms with Crippen molar-refractivity contribution in [2.24, 2.45) is 17.4 Å². The number of benzene rings is 2. The van der Waals surface area contributed by atoms with Crippen LogP contribution in [0.4, 0.5) is 9.59 Å². The standard InChI is InChI=1S/C54H82N8O30/c55-53(78)86-25-29-4-6-34(89-51-42(69)38(65)40(67)44(91-51)49(74)75)31(23-29)46(71)59-9-12-81-17-19-84-27-36(63)58-8-2-1-3-33(48(73)61-11-14-80-15-16-83-21-22-88-57)62-37(64)28-85-20-18-82-13-10-60-47(72)32-24-30(26-87-54(56)79)5-7-35(32)90-52-43(70)39(66)41(68)45(92-52)50(76)77/h4-7,23-24,33,38-46,51-52,59,65-71H,1-3,8-22,25-28,57H2,(H2,55,78)(H2,56,79)(H,58,63)(H,60,72)(H,61,73)(H,62,64)(H,74,75)(H,76,77)/t33-,38-,39-,40-,41-,42+,43+,44-,45-,46?,51+,52+/m0/s1. The maximum absolute atomic E-state index is 13.3. The lowest BCUT2D eigenvalue weighted by molar-refractivity contribution is -0.271. The summed E-state index contributed by atoms with van der Waals surface area (Å²) < 4.78 is 63.8. The molecule has 2 aliphatic heterocycles. The molecule has 20 N–H and O–H groups in total. The second kappa shape index (κ2) is 42.0. The van der Waals surface area contributed by atoms with E-state index in [1.807, 2.05) is 0 Å². The quantitative estimate of drug-likeness (QED) is 0.0166. The Morgan fingerprint density at radius 3 is 1.54 bits per heavy atom. The molecule has 518 valence electrons. The number of amides is 6. The van der Waals surface area contributed by atoms with E-state index in [2.05, 4.69) is 31.4 Å². The molecule has 0 aromatic heterocycles. The highest BCUT2D eigenvalue weighted by Crippen LogP contribution is 2.32. The maximum atomic E-state index is 13.3. The number of aliphatic hydroxyl groups excluding tert-OH is 7. The van der Waals surface area contributed by atoms with Gasteiger partial charge in [-0.25, -0.2) is 25.1 Å². The second-order valence-electron chi connectivity index (χ2n) is 19.9. The predicted octanol–water partition coefficient (Wildman–Crippen LogP) is -6.69. The minimum Gasteiger partial charge on any atom is -0.479 e. The number of carboxylic acid groups (broad SMARTS) is 2. The van der Waals surface area contributed by atoms with Gasteiger partial charge in [0.1, 0.15) is 86.8 Å². The Bertz CT molecular complexity index is 2630. The monoisotopic (exact) mass is 1320 g/mol. The molecule has 0 aliphatic carbocycles. The molecule has 0 saturated carbocycles. The van der Waals surface area contributed by atoms with Crippen molar-refractivity contribution in [3.05, 3.63) is 58.7 Å². The Labute approximate surface area is 524 Å². The van der Waals surface area contributed by atoms with Gasteiger partial charge in [-0.3, -0.25) is 24.5 Å². The fourth-order valence-corrected chi connectivity index (χ4v) is 8.35. The van der Waals surface area contributed by atoms with E-state index in [-0.39, 0.29) is 153 Å². The number of primary amides is 2. The fraction of sp³-hybridized carbons (Fsp3) is 0.630. The van der Waals surface area contributed by atoms with Crippen LogP contribution in [-0.2, 0) is 89.4 Å². The summed E-state index contributed by atoms with van der Waals surface area (Å²) in [4.78, 5) is 102. The molecule has 12 atom stereocenters. The first-order valence-electron chi connectivity index (χ1n) is 28.6. The van der Waals surface area contributed by atoms with E-state index in [0.717, 1.165) is 0 Å². The predicted molar refractivity (Wildman–Crippen MR) is 304 cm³/mol. The Balaban J connectivity index is 1.16. The topological polar surface area (TPSA) is 577 Å². The minimum absolute atomic E-state index is 0.00221. The maximum Gasteiger partial charge on any atom is 0.404 e. The number of carbonyl (C=O) groups is 8. The number of ether oxygens (including phenoxy) is 12. The largest absolute Gasteiger partial charge is 0.479 e. The van der Waals surface area contributed by atoms with E-state index in [1.165, 1.54) is 36.4 Å². The number of hydrogen-bond donors (Lipinski definition) is 17. The van der Waals surface area contributed by atoms with Crippen molar-refractivity contribution in [3.8, 4) is 11.5 Å². The van der Waals surface area contributed by atoms with Crippen molar-refractivity contribution < 1.29 is 146 Å². The molecule has 2 fully saturated rings. The van der Waals surface area contributed by atoms with E-state index in [1.54, 1.807) is 0 Å². The Morgan fingerprint density at radius 1 is 0.522 bits per heavy atom. The lowest BCUT2D eigenvalue weighted by Crippen LogP contribution is -2.61. The van der Waals surface area contributed by atoms with E-state index < -0.39 is 128 Å². The lowest BCUT2D eigenvalue weighted by Gasteiger charge is -2.38. The summed E-state index contributed by atoms with van der Waals surface area (Å²) in [6.07, 6.45) is -22.2. The zero-order valence-corrected chi connectivity index (χ0v) is 49.8. The molecule has 4 rings (SSSR count). The van der Waals surface area contributed by atoms with Gasteiger partial charge in [0, 0.05) is 31.7 Å². The third-order valence-electron chi connectivity index (χ3n) is 13.0. The molecular formula is C54H82N8O30. The van der Waals surface area contributed by atoms with Gasteiger partial charge in [-0.15, -0.1) is 0 Å². The molecule has 0 radical (unpaired) electrons. The van der Waals surface area contributed by atoms with Crippen LogP contribution in [0.15, 0.2) is 36.4 Å². The number of aliphatic carboxylic acids is 2. The van der Waals surface area contributed by atoms with Crippen LogP contribution >= 0.6 is 0 Å². The number of aliphatic hydroxyl groups is 7. The van der Waals surface area contributed by atoms with Gasteiger partial charge in [-0.1, -0.05) is 12.1 Å². The molecule has 6 amide bonds.